The van der Waals surface area contributed by atoms with E-state index in [1.165, 1.54) is 40.5 Å². The number of carbonyl (C=O) groups is 1. The predicted octanol–water partition coefficient (Wildman–Crippen LogP) is 4.05. The number of amides is 1. The van der Waals surface area contributed by atoms with Crippen LogP contribution < -0.4 is 4.90 Å². The van der Waals surface area contributed by atoms with Crippen LogP contribution in [0.3, 0.4) is 0 Å². The second-order valence-corrected chi connectivity index (χ2v) is 10.4. The highest BCUT2D eigenvalue weighted by molar-refractivity contribution is 7.91. The molecule has 1 atom stereocenters. The van der Waals surface area contributed by atoms with Gasteiger partial charge in [0.1, 0.15) is 5.82 Å². The first-order chi connectivity index (χ1) is 14.4. The summed E-state index contributed by atoms with van der Waals surface area (Å²) in [5.74, 6) is -0.779. The molecule has 1 aliphatic rings. The minimum absolute atomic E-state index is 0.0479. The van der Waals surface area contributed by atoms with Gasteiger partial charge < -0.3 is 4.74 Å². The number of rotatable bonds is 6. The zero-order chi connectivity index (χ0) is 21.3. The van der Waals surface area contributed by atoms with Crippen LogP contribution in [0.1, 0.15) is 30.1 Å². The van der Waals surface area contributed by atoms with Crippen LogP contribution in [-0.2, 0) is 14.6 Å². The number of fused-ring (bicyclic) bond motifs is 1. The monoisotopic (exact) mass is 448 g/mol. The lowest BCUT2D eigenvalue weighted by Crippen LogP contribution is -2.37. The molecule has 4 rings (SSSR count). The minimum atomic E-state index is -3.44. The number of hydrogen-bond acceptors (Lipinski definition) is 6. The van der Waals surface area contributed by atoms with Crippen LogP contribution >= 0.6 is 11.3 Å². The highest BCUT2D eigenvalue weighted by Crippen LogP contribution is 2.31. The van der Waals surface area contributed by atoms with Gasteiger partial charge >= 0.3 is 0 Å². The van der Waals surface area contributed by atoms with E-state index in [4.69, 9.17) is 4.74 Å². The van der Waals surface area contributed by atoms with Crippen molar-refractivity contribution in [2.75, 3.05) is 23.8 Å². The van der Waals surface area contributed by atoms with Gasteiger partial charge in [0.25, 0.3) is 5.91 Å². The second kappa shape index (κ2) is 8.41. The van der Waals surface area contributed by atoms with Crippen LogP contribution in [0.4, 0.5) is 9.52 Å². The van der Waals surface area contributed by atoms with Gasteiger partial charge in [0, 0.05) is 12.2 Å². The molecule has 1 saturated heterocycles. The smallest absolute Gasteiger partial charge is 0.260 e. The van der Waals surface area contributed by atoms with Crippen molar-refractivity contribution in [2.24, 2.45) is 0 Å². The fourth-order valence-corrected chi connectivity index (χ4v) is 5.31. The molecule has 1 aliphatic heterocycles. The average Bonchev–Trinajstić information content (AvgIpc) is 3.40. The highest BCUT2D eigenvalue weighted by Gasteiger charge is 2.28. The molecule has 0 bridgehead atoms. The van der Waals surface area contributed by atoms with E-state index < -0.39 is 9.84 Å². The molecule has 1 aromatic heterocycles. The highest BCUT2D eigenvalue weighted by atomic mass is 32.2. The van der Waals surface area contributed by atoms with Crippen LogP contribution in [-0.4, -0.2) is 44.3 Å². The number of aromatic nitrogens is 1. The Balaban J connectivity index is 1.73. The van der Waals surface area contributed by atoms with Gasteiger partial charge in [-0.15, -0.1) is 0 Å². The number of ether oxygens (including phenoxy) is 1. The van der Waals surface area contributed by atoms with E-state index in [2.05, 4.69) is 4.98 Å². The first-order valence-corrected chi connectivity index (χ1v) is 12.2. The molecule has 1 fully saturated rings. The Morgan fingerprint density at radius 2 is 2.13 bits per heavy atom. The standard InChI is InChI=1S/C21H21FN2O4S2/c1-2-30(26,27)17-7-3-5-14(11-17)20(25)24(13-16-6-4-10-28-16)21-23-18-9-8-15(22)12-19(18)29-21/h3,5,7-9,11-12,16H,2,4,6,10,13H2,1H3. The lowest BCUT2D eigenvalue weighted by atomic mass is 10.2. The number of sulfone groups is 1. The first kappa shape index (κ1) is 20.9. The molecule has 0 saturated carbocycles. The van der Waals surface area contributed by atoms with Crippen LogP contribution in [0, 0.1) is 5.82 Å². The molecule has 0 spiro atoms. The molecule has 0 aliphatic carbocycles. The van der Waals surface area contributed by atoms with Gasteiger partial charge in [0.15, 0.2) is 15.0 Å². The largest absolute Gasteiger partial charge is 0.376 e. The van der Waals surface area contributed by atoms with Crippen molar-refractivity contribution in [3.05, 3.63) is 53.8 Å². The quantitative estimate of drug-likeness (QED) is 0.569. The maximum absolute atomic E-state index is 13.6. The Labute approximate surface area is 178 Å². The zero-order valence-corrected chi connectivity index (χ0v) is 18.0. The van der Waals surface area contributed by atoms with E-state index in [0.717, 1.165) is 12.8 Å². The molecule has 1 amide bonds. The van der Waals surface area contributed by atoms with E-state index in [-0.39, 0.29) is 34.0 Å². The average molecular weight is 449 g/mol. The Bertz CT molecular complexity index is 1190. The summed E-state index contributed by atoms with van der Waals surface area (Å²) >= 11 is 1.22. The van der Waals surface area contributed by atoms with Gasteiger partial charge in [0.2, 0.25) is 0 Å². The summed E-state index contributed by atoms with van der Waals surface area (Å²) in [7, 11) is -3.44. The summed E-state index contributed by atoms with van der Waals surface area (Å²) in [5.41, 5.74) is 0.858. The Morgan fingerprint density at radius 1 is 1.30 bits per heavy atom. The lowest BCUT2D eigenvalue weighted by Gasteiger charge is -2.23. The van der Waals surface area contributed by atoms with Crippen molar-refractivity contribution in [2.45, 2.75) is 30.8 Å². The molecule has 30 heavy (non-hydrogen) atoms. The summed E-state index contributed by atoms with van der Waals surface area (Å²) in [5, 5.41) is 0.430. The third kappa shape index (κ3) is 4.23. The van der Waals surface area contributed by atoms with Crippen molar-refractivity contribution >= 4 is 42.4 Å². The summed E-state index contributed by atoms with van der Waals surface area (Å²) in [6.45, 7) is 2.50. The number of hydrogen-bond donors (Lipinski definition) is 0. The molecule has 2 aromatic carbocycles. The summed E-state index contributed by atoms with van der Waals surface area (Å²) in [4.78, 5) is 19.5. The van der Waals surface area contributed by atoms with Crippen molar-refractivity contribution < 1.29 is 22.3 Å². The molecule has 0 radical (unpaired) electrons. The van der Waals surface area contributed by atoms with E-state index >= 15 is 0 Å². The molecule has 2 heterocycles. The molecule has 6 nitrogen and oxygen atoms in total. The summed E-state index contributed by atoms with van der Waals surface area (Å²) in [6.07, 6.45) is 1.62. The fraction of sp³-hybridized carbons (Fsp3) is 0.333. The Kier molecular flexibility index (Phi) is 5.86. The fourth-order valence-electron chi connectivity index (χ4n) is 3.39. The minimum Gasteiger partial charge on any atom is -0.376 e. The number of thiazole rings is 1. The number of halogens is 1. The molecular weight excluding hydrogens is 427 g/mol. The number of benzene rings is 2. The summed E-state index contributed by atoms with van der Waals surface area (Å²) < 4.78 is 44.5. The predicted molar refractivity (Wildman–Crippen MR) is 114 cm³/mol. The maximum Gasteiger partial charge on any atom is 0.260 e. The van der Waals surface area contributed by atoms with Crippen molar-refractivity contribution in [3.63, 3.8) is 0 Å². The van der Waals surface area contributed by atoms with Crippen LogP contribution in [0.15, 0.2) is 47.4 Å². The van der Waals surface area contributed by atoms with Gasteiger partial charge in [-0.1, -0.05) is 24.3 Å². The second-order valence-electron chi connectivity index (χ2n) is 7.09. The SMILES string of the molecule is CCS(=O)(=O)c1cccc(C(=O)N(CC2CCCO2)c2nc3ccc(F)cc3s2)c1. The molecule has 158 valence electrons. The maximum atomic E-state index is 13.6. The molecule has 0 N–H and O–H groups in total. The Hall–Kier alpha value is -2.36. The number of nitrogens with zero attached hydrogens (tertiary/aromatic N) is 2. The van der Waals surface area contributed by atoms with E-state index in [1.807, 2.05) is 0 Å². The van der Waals surface area contributed by atoms with Gasteiger partial charge in [-0.3, -0.25) is 9.69 Å². The van der Waals surface area contributed by atoms with Crippen molar-refractivity contribution in [1.82, 2.24) is 4.98 Å². The van der Waals surface area contributed by atoms with Gasteiger partial charge in [-0.25, -0.2) is 17.8 Å². The molecule has 3 aromatic rings. The Morgan fingerprint density at radius 3 is 2.87 bits per heavy atom. The van der Waals surface area contributed by atoms with Crippen LogP contribution in [0.25, 0.3) is 10.2 Å². The van der Waals surface area contributed by atoms with Gasteiger partial charge in [-0.2, -0.15) is 0 Å². The summed E-state index contributed by atoms with van der Waals surface area (Å²) in [6, 6.07) is 10.3. The molecular formula is C21H21FN2O4S2. The van der Waals surface area contributed by atoms with Crippen molar-refractivity contribution in [1.29, 1.82) is 0 Å². The number of anilines is 1. The normalized spacial score (nSPS) is 16.8. The van der Waals surface area contributed by atoms with Crippen LogP contribution in [0.5, 0.6) is 0 Å². The first-order valence-electron chi connectivity index (χ1n) is 9.70. The topological polar surface area (TPSA) is 76.6 Å². The zero-order valence-electron chi connectivity index (χ0n) is 16.4. The van der Waals surface area contributed by atoms with E-state index in [9.17, 15) is 17.6 Å². The van der Waals surface area contributed by atoms with Crippen LogP contribution in [0.2, 0.25) is 0 Å². The van der Waals surface area contributed by atoms with Crippen molar-refractivity contribution in [3.8, 4) is 0 Å². The third-order valence-electron chi connectivity index (χ3n) is 5.05. The molecule has 9 heteroatoms. The van der Waals surface area contributed by atoms with E-state index in [0.29, 0.717) is 28.5 Å². The lowest BCUT2D eigenvalue weighted by molar-refractivity contribution is 0.0917. The molecule has 1 unspecified atom stereocenters. The third-order valence-corrected chi connectivity index (χ3v) is 7.82. The van der Waals surface area contributed by atoms with E-state index in [1.54, 1.807) is 25.1 Å². The van der Waals surface area contributed by atoms with Gasteiger partial charge in [-0.05, 0) is 49.2 Å². The number of carbonyl (C=O) groups excluding carboxylic acids is 1. The van der Waals surface area contributed by atoms with Gasteiger partial charge in [0.05, 0.1) is 33.5 Å².